The Morgan fingerprint density at radius 2 is 1.83 bits per heavy atom. The topological polar surface area (TPSA) is 76.1 Å². The largest absolute Gasteiger partial charge is 0.322 e. The van der Waals surface area contributed by atoms with Gasteiger partial charge >= 0.3 is 0 Å². The quantitative estimate of drug-likeness (QED) is 0.467. The first-order chi connectivity index (χ1) is 13.8. The molecule has 1 heterocycles. The molecule has 0 aliphatic heterocycles. The van der Waals surface area contributed by atoms with Crippen LogP contribution in [0.3, 0.4) is 0 Å². The minimum atomic E-state index is -3.40. The number of nitrogens with zero attached hydrogens (tertiary/aromatic N) is 1. The summed E-state index contributed by atoms with van der Waals surface area (Å²) in [6.07, 6.45) is 1.09. The molecular formula is C21H15ClN2O3S2. The van der Waals surface area contributed by atoms with Crippen LogP contribution in [-0.4, -0.2) is 25.6 Å². The van der Waals surface area contributed by atoms with Gasteiger partial charge in [0.05, 0.1) is 25.7 Å². The van der Waals surface area contributed by atoms with Crippen LogP contribution in [0.2, 0.25) is 5.02 Å². The number of benzene rings is 3. The SMILES string of the molecule is CS(=O)(=O)c1ccc(C(=O)Nc2cccc(-c3nc4ccccc4s3)c2)c(Cl)c1. The zero-order chi connectivity index (χ0) is 20.6. The number of hydrogen-bond acceptors (Lipinski definition) is 5. The Kier molecular flexibility index (Phi) is 5.12. The maximum Gasteiger partial charge on any atom is 0.257 e. The second-order valence-corrected chi connectivity index (χ2v) is 9.89. The number of anilines is 1. The van der Waals surface area contributed by atoms with Crippen molar-refractivity contribution in [2.75, 3.05) is 11.6 Å². The molecule has 1 amide bonds. The predicted molar refractivity (Wildman–Crippen MR) is 118 cm³/mol. The summed E-state index contributed by atoms with van der Waals surface area (Å²) >= 11 is 7.71. The number of para-hydroxylation sites is 1. The van der Waals surface area contributed by atoms with Gasteiger partial charge in [-0.1, -0.05) is 35.9 Å². The van der Waals surface area contributed by atoms with E-state index in [9.17, 15) is 13.2 Å². The Balaban J connectivity index is 1.60. The number of carbonyl (C=O) groups is 1. The first-order valence-corrected chi connectivity index (χ1v) is 11.7. The maximum atomic E-state index is 12.6. The van der Waals surface area contributed by atoms with Crippen LogP contribution in [0.5, 0.6) is 0 Å². The van der Waals surface area contributed by atoms with E-state index in [-0.39, 0.29) is 15.5 Å². The zero-order valence-electron chi connectivity index (χ0n) is 15.2. The highest BCUT2D eigenvalue weighted by atomic mass is 35.5. The Morgan fingerprint density at radius 3 is 2.55 bits per heavy atom. The van der Waals surface area contributed by atoms with Gasteiger partial charge in [-0.25, -0.2) is 13.4 Å². The molecule has 29 heavy (non-hydrogen) atoms. The van der Waals surface area contributed by atoms with Crippen LogP contribution in [0.25, 0.3) is 20.8 Å². The molecule has 3 aromatic carbocycles. The van der Waals surface area contributed by atoms with Crippen LogP contribution in [0.1, 0.15) is 10.4 Å². The number of aromatic nitrogens is 1. The molecule has 0 atom stereocenters. The monoisotopic (exact) mass is 442 g/mol. The van der Waals surface area contributed by atoms with Crippen molar-refractivity contribution in [2.45, 2.75) is 4.90 Å². The van der Waals surface area contributed by atoms with E-state index >= 15 is 0 Å². The lowest BCUT2D eigenvalue weighted by atomic mass is 10.1. The number of amides is 1. The summed E-state index contributed by atoms with van der Waals surface area (Å²) in [4.78, 5) is 17.3. The van der Waals surface area contributed by atoms with Crippen LogP contribution >= 0.6 is 22.9 Å². The standard InChI is InChI=1S/C21H15ClN2O3S2/c1-29(26,27)15-9-10-16(17(22)12-15)20(25)23-14-6-4-5-13(11-14)21-24-18-7-2-3-8-19(18)28-21/h2-12H,1H3,(H,23,25). The van der Waals surface area contributed by atoms with E-state index < -0.39 is 15.7 Å². The highest BCUT2D eigenvalue weighted by molar-refractivity contribution is 7.90. The minimum Gasteiger partial charge on any atom is -0.322 e. The van der Waals surface area contributed by atoms with Crippen molar-refractivity contribution >= 4 is 54.6 Å². The molecule has 0 saturated carbocycles. The Hall–Kier alpha value is -2.74. The molecule has 1 aromatic heterocycles. The summed E-state index contributed by atoms with van der Waals surface area (Å²) in [5.41, 5.74) is 2.61. The second kappa shape index (κ2) is 7.59. The summed E-state index contributed by atoms with van der Waals surface area (Å²) in [6.45, 7) is 0. The molecule has 0 aliphatic carbocycles. The summed E-state index contributed by atoms with van der Waals surface area (Å²) in [5.74, 6) is -0.420. The van der Waals surface area contributed by atoms with Crippen molar-refractivity contribution in [1.29, 1.82) is 0 Å². The average molecular weight is 443 g/mol. The number of halogens is 1. The predicted octanol–water partition coefficient (Wildman–Crippen LogP) is 5.27. The molecule has 0 spiro atoms. The third kappa shape index (κ3) is 4.17. The fraction of sp³-hybridized carbons (Fsp3) is 0.0476. The molecule has 4 rings (SSSR count). The van der Waals surface area contributed by atoms with E-state index in [0.29, 0.717) is 5.69 Å². The van der Waals surface area contributed by atoms with Crippen molar-refractivity contribution in [3.05, 3.63) is 77.3 Å². The number of thiazole rings is 1. The molecular weight excluding hydrogens is 428 g/mol. The number of rotatable bonds is 4. The lowest BCUT2D eigenvalue weighted by Gasteiger charge is -2.09. The van der Waals surface area contributed by atoms with Gasteiger partial charge in [0.25, 0.3) is 5.91 Å². The van der Waals surface area contributed by atoms with Gasteiger partial charge in [-0.15, -0.1) is 11.3 Å². The Morgan fingerprint density at radius 1 is 1.03 bits per heavy atom. The van der Waals surface area contributed by atoms with Gasteiger partial charge < -0.3 is 5.32 Å². The molecule has 0 aliphatic rings. The van der Waals surface area contributed by atoms with Crippen molar-refractivity contribution in [3.8, 4) is 10.6 Å². The molecule has 0 saturated heterocycles. The number of hydrogen-bond donors (Lipinski definition) is 1. The first-order valence-electron chi connectivity index (χ1n) is 8.58. The number of fused-ring (bicyclic) bond motifs is 1. The molecule has 0 radical (unpaired) electrons. The molecule has 4 aromatic rings. The molecule has 0 fully saturated rings. The Labute approximate surface area is 176 Å². The maximum absolute atomic E-state index is 12.6. The minimum absolute atomic E-state index is 0.0666. The number of carbonyl (C=O) groups excluding carboxylic acids is 1. The first kappa shape index (κ1) is 19.6. The average Bonchev–Trinajstić information content (AvgIpc) is 3.11. The lowest BCUT2D eigenvalue weighted by molar-refractivity contribution is 0.102. The van der Waals surface area contributed by atoms with Gasteiger partial charge in [0.2, 0.25) is 0 Å². The fourth-order valence-corrected chi connectivity index (χ4v) is 4.77. The van der Waals surface area contributed by atoms with E-state index in [1.54, 1.807) is 17.4 Å². The zero-order valence-corrected chi connectivity index (χ0v) is 17.6. The van der Waals surface area contributed by atoms with Crippen molar-refractivity contribution < 1.29 is 13.2 Å². The molecule has 146 valence electrons. The normalized spacial score (nSPS) is 11.5. The van der Waals surface area contributed by atoms with E-state index in [1.807, 2.05) is 42.5 Å². The van der Waals surface area contributed by atoms with Gasteiger partial charge in [0.1, 0.15) is 5.01 Å². The van der Waals surface area contributed by atoms with Crippen molar-refractivity contribution in [2.24, 2.45) is 0 Å². The summed E-state index contributed by atoms with van der Waals surface area (Å²) in [6, 6.07) is 19.3. The van der Waals surface area contributed by atoms with Crippen molar-refractivity contribution in [3.63, 3.8) is 0 Å². The van der Waals surface area contributed by atoms with Crippen LogP contribution in [0, 0.1) is 0 Å². The van der Waals surface area contributed by atoms with Crippen molar-refractivity contribution in [1.82, 2.24) is 4.98 Å². The van der Waals surface area contributed by atoms with E-state index in [1.165, 1.54) is 18.2 Å². The molecule has 0 unspecified atom stereocenters. The molecule has 0 bridgehead atoms. The summed E-state index contributed by atoms with van der Waals surface area (Å²) in [5, 5.41) is 3.74. The highest BCUT2D eigenvalue weighted by Gasteiger charge is 2.15. The van der Waals surface area contributed by atoms with Crippen LogP contribution < -0.4 is 5.32 Å². The van der Waals surface area contributed by atoms with Crippen LogP contribution in [-0.2, 0) is 9.84 Å². The van der Waals surface area contributed by atoms with Gasteiger partial charge in [0, 0.05) is 17.5 Å². The molecule has 1 N–H and O–H groups in total. The molecule has 5 nitrogen and oxygen atoms in total. The third-order valence-electron chi connectivity index (χ3n) is 4.27. The number of nitrogens with one attached hydrogen (secondary N) is 1. The third-order valence-corrected chi connectivity index (χ3v) is 6.78. The Bertz CT molecular complexity index is 1310. The van der Waals surface area contributed by atoms with E-state index in [0.717, 1.165) is 27.0 Å². The van der Waals surface area contributed by atoms with E-state index in [4.69, 9.17) is 11.6 Å². The van der Waals surface area contributed by atoms with Gasteiger partial charge in [0.15, 0.2) is 9.84 Å². The van der Waals surface area contributed by atoms with E-state index in [2.05, 4.69) is 10.3 Å². The number of sulfone groups is 1. The highest BCUT2D eigenvalue weighted by Crippen LogP contribution is 2.31. The van der Waals surface area contributed by atoms with Gasteiger partial charge in [-0.3, -0.25) is 4.79 Å². The van der Waals surface area contributed by atoms with Crippen LogP contribution in [0.15, 0.2) is 71.6 Å². The second-order valence-electron chi connectivity index (χ2n) is 6.44. The van der Waals surface area contributed by atoms with Gasteiger partial charge in [-0.2, -0.15) is 0 Å². The smallest absolute Gasteiger partial charge is 0.257 e. The fourth-order valence-electron chi connectivity index (χ4n) is 2.83. The van der Waals surface area contributed by atoms with Crippen LogP contribution in [0.4, 0.5) is 5.69 Å². The lowest BCUT2D eigenvalue weighted by Crippen LogP contribution is -2.13. The van der Waals surface area contributed by atoms with Gasteiger partial charge in [-0.05, 0) is 42.5 Å². The molecule has 8 heteroatoms. The summed E-state index contributed by atoms with van der Waals surface area (Å²) < 4.78 is 24.4. The summed E-state index contributed by atoms with van der Waals surface area (Å²) in [7, 11) is -3.40.